The van der Waals surface area contributed by atoms with E-state index >= 15 is 13.2 Å². The Bertz CT molecular complexity index is 4090. The molecule has 78 heavy (non-hydrogen) atoms. The van der Waals surface area contributed by atoms with Crippen molar-refractivity contribution in [2.24, 2.45) is 0 Å². The first-order valence-electron chi connectivity index (χ1n) is 24.6. The molecule has 6 aromatic carbocycles. The number of hydrogen-bond acceptors (Lipinski definition) is 14. The molecule has 0 saturated carbocycles. The lowest BCUT2D eigenvalue weighted by atomic mass is 9.94. The van der Waals surface area contributed by atoms with Crippen molar-refractivity contribution in [3.63, 3.8) is 0 Å². The molecule has 0 unspecified atom stereocenters. The topological polar surface area (TPSA) is 212 Å². The van der Waals surface area contributed by atoms with Crippen LogP contribution in [-0.4, -0.2) is 68.9 Å². The number of nitrogens with zero attached hydrogens (tertiary/aromatic N) is 16. The maximum Gasteiger partial charge on any atom is 0.417 e. The van der Waals surface area contributed by atoms with E-state index in [1.165, 1.54) is 12.1 Å². The van der Waals surface area contributed by atoms with E-state index in [-0.39, 0.29) is 33.6 Å². The van der Waals surface area contributed by atoms with E-state index in [9.17, 15) is 10.5 Å². The Balaban J connectivity index is 1.21. The van der Waals surface area contributed by atoms with Gasteiger partial charge in [-0.3, -0.25) is 0 Å². The highest BCUT2D eigenvalue weighted by Crippen LogP contribution is 2.45. The second kappa shape index (κ2) is 18.2. The summed E-state index contributed by atoms with van der Waals surface area (Å²) in [6.45, 7) is 14.4. The molecule has 12 aromatic rings. The van der Waals surface area contributed by atoms with Crippen LogP contribution in [0.4, 0.5) is 13.2 Å². The molecule has 0 N–H and O–H groups in total. The van der Waals surface area contributed by atoms with E-state index in [4.69, 9.17) is 0 Å². The first-order valence-corrected chi connectivity index (χ1v) is 24.6. The van der Waals surface area contributed by atoms with Crippen LogP contribution in [0.25, 0.3) is 112 Å². The molecular formula is C59H41F3N16. The van der Waals surface area contributed by atoms with E-state index in [1.54, 1.807) is 67.5 Å². The number of nitriles is 2. The average molecular weight is 1030 g/mol. The Morgan fingerprint density at radius 3 is 0.936 bits per heavy atom. The van der Waals surface area contributed by atoms with Crippen LogP contribution in [0.2, 0.25) is 0 Å². The minimum Gasteiger partial charge on any atom is -0.308 e. The number of rotatable bonds is 7. The largest absolute Gasteiger partial charge is 0.417 e. The second-order valence-corrected chi connectivity index (χ2v) is 19.0. The molecule has 0 radical (unpaired) electrons. The first kappa shape index (κ1) is 48.7. The third-order valence-electron chi connectivity index (χ3n) is 13.5. The van der Waals surface area contributed by atoms with Crippen molar-refractivity contribution in [2.45, 2.75) is 61.6 Å². The van der Waals surface area contributed by atoms with Crippen LogP contribution in [0.5, 0.6) is 0 Å². The molecule has 0 fully saturated rings. The van der Waals surface area contributed by atoms with Gasteiger partial charge in [0.1, 0.15) is 58.2 Å². The molecule has 6 aromatic heterocycles. The van der Waals surface area contributed by atoms with Gasteiger partial charge in [-0.1, -0.05) is 6.07 Å². The van der Waals surface area contributed by atoms with Crippen molar-refractivity contribution >= 4 is 43.6 Å². The standard InChI is InChI=1S/C59H41F3N16/c1-28-65-29(2)70-55(69-28)37-10-15-49-43(20-37)44-21-38(56-71-30(3)66-31(4)72-56)11-16-50(44)77(49)53-24-41(42-14-9-36(26-63)19-48(42)59(60,61)62)25-54(47(53)27-64)78-51-17-12-39(57-73-32(5)67-33(6)74-57)22-45(51)46-23-40(13-18-52(46)78)58-75-34(7)68-35(8)76-58/h9-25H,1-8H3. The molecule has 0 atom stereocenters. The molecule has 378 valence electrons. The SMILES string of the molecule is Cc1nc(C)nc(-c2ccc3c(c2)c2cc(-c4nc(C)nc(C)n4)ccc2n3-c2cc(-c3ccc(C#N)cc3C(F)(F)F)cc(-n3c4ccc(-c5nc(C)nc(C)n5)cc4c4cc(-c5nc(C)nc(C)n5)ccc43)c2C#N)n1. The van der Waals surface area contributed by atoms with Crippen LogP contribution < -0.4 is 0 Å². The van der Waals surface area contributed by atoms with Crippen LogP contribution in [0.1, 0.15) is 63.3 Å². The number of aryl methyl sites for hydroxylation is 8. The Morgan fingerprint density at radius 2 is 0.667 bits per heavy atom. The van der Waals surface area contributed by atoms with Crippen molar-refractivity contribution in [3.05, 3.63) is 166 Å². The maximum atomic E-state index is 15.5. The predicted octanol–water partition coefficient (Wildman–Crippen LogP) is 12.2. The van der Waals surface area contributed by atoms with Crippen LogP contribution in [0.3, 0.4) is 0 Å². The summed E-state index contributed by atoms with van der Waals surface area (Å²) in [5.74, 6) is 6.10. The third-order valence-corrected chi connectivity index (χ3v) is 13.5. The Kier molecular flexibility index (Phi) is 11.4. The van der Waals surface area contributed by atoms with Gasteiger partial charge in [0.25, 0.3) is 0 Å². The molecule has 0 bridgehead atoms. The minimum atomic E-state index is -4.88. The molecule has 6 heterocycles. The van der Waals surface area contributed by atoms with Gasteiger partial charge >= 0.3 is 6.18 Å². The van der Waals surface area contributed by atoms with Crippen molar-refractivity contribution in [1.29, 1.82) is 10.5 Å². The Morgan fingerprint density at radius 1 is 0.359 bits per heavy atom. The zero-order valence-electron chi connectivity index (χ0n) is 43.1. The molecule has 19 heteroatoms. The lowest BCUT2D eigenvalue weighted by Gasteiger charge is -2.20. The van der Waals surface area contributed by atoms with Crippen LogP contribution >= 0.6 is 0 Å². The van der Waals surface area contributed by atoms with Gasteiger partial charge < -0.3 is 9.13 Å². The van der Waals surface area contributed by atoms with Gasteiger partial charge in [0.2, 0.25) is 0 Å². The van der Waals surface area contributed by atoms with Gasteiger partial charge in [0, 0.05) is 43.8 Å². The molecular weight excluding hydrogens is 990 g/mol. The molecule has 0 amide bonds. The van der Waals surface area contributed by atoms with E-state index in [2.05, 4.69) is 65.9 Å². The zero-order chi connectivity index (χ0) is 54.5. The van der Waals surface area contributed by atoms with Crippen LogP contribution in [-0.2, 0) is 6.18 Å². The number of halogens is 3. The normalized spacial score (nSPS) is 11.8. The summed E-state index contributed by atoms with van der Waals surface area (Å²) in [6.07, 6.45) is -4.88. The monoisotopic (exact) mass is 1030 g/mol. The van der Waals surface area contributed by atoms with Crippen molar-refractivity contribution in [1.82, 2.24) is 68.9 Å². The van der Waals surface area contributed by atoms with Gasteiger partial charge in [-0.05, 0) is 164 Å². The number of hydrogen-bond donors (Lipinski definition) is 0. The highest BCUT2D eigenvalue weighted by atomic mass is 19.4. The number of benzene rings is 6. The summed E-state index contributed by atoms with van der Waals surface area (Å²) in [4.78, 5) is 54.9. The highest BCUT2D eigenvalue weighted by Gasteiger charge is 2.35. The molecule has 16 nitrogen and oxygen atoms in total. The Labute approximate surface area is 442 Å². The predicted molar refractivity (Wildman–Crippen MR) is 288 cm³/mol. The van der Waals surface area contributed by atoms with Gasteiger partial charge in [0.15, 0.2) is 23.3 Å². The van der Waals surface area contributed by atoms with Crippen LogP contribution in [0.15, 0.2) is 103 Å². The van der Waals surface area contributed by atoms with E-state index in [0.29, 0.717) is 114 Å². The minimum absolute atomic E-state index is 0.127. The summed E-state index contributed by atoms with van der Waals surface area (Å²) in [5, 5.41) is 24.5. The zero-order valence-corrected chi connectivity index (χ0v) is 43.1. The molecule has 0 saturated heterocycles. The fourth-order valence-corrected chi connectivity index (χ4v) is 10.4. The molecule has 0 aliphatic carbocycles. The van der Waals surface area contributed by atoms with Gasteiger partial charge in [-0.25, -0.2) is 59.8 Å². The molecule has 0 spiro atoms. The van der Waals surface area contributed by atoms with E-state index in [1.807, 2.05) is 88.0 Å². The first-order chi connectivity index (χ1) is 37.4. The van der Waals surface area contributed by atoms with Gasteiger partial charge in [0.05, 0.1) is 50.6 Å². The van der Waals surface area contributed by atoms with Gasteiger partial charge in [-0.2, -0.15) is 23.7 Å². The summed E-state index contributed by atoms with van der Waals surface area (Å²) >= 11 is 0. The summed E-state index contributed by atoms with van der Waals surface area (Å²) in [7, 11) is 0. The number of aromatic nitrogens is 14. The summed E-state index contributed by atoms with van der Waals surface area (Å²) < 4.78 is 50.2. The van der Waals surface area contributed by atoms with Gasteiger partial charge in [-0.15, -0.1) is 0 Å². The fraction of sp³-hybridized carbons (Fsp3) is 0.153. The quantitative estimate of drug-likeness (QED) is 0.145. The van der Waals surface area contributed by atoms with E-state index < -0.39 is 11.7 Å². The van der Waals surface area contributed by atoms with Crippen LogP contribution in [0, 0.1) is 78.1 Å². The van der Waals surface area contributed by atoms with Crippen molar-refractivity contribution in [2.75, 3.05) is 0 Å². The fourth-order valence-electron chi connectivity index (χ4n) is 10.4. The Hall–Kier alpha value is -10.3. The highest BCUT2D eigenvalue weighted by molar-refractivity contribution is 6.13. The lowest BCUT2D eigenvalue weighted by molar-refractivity contribution is -0.137. The van der Waals surface area contributed by atoms with Crippen molar-refractivity contribution in [3.8, 4) is 80.2 Å². The number of alkyl halides is 3. The number of fused-ring (bicyclic) bond motifs is 6. The maximum absolute atomic E-state index is 15.5. The molecule has 12 rings (SSSR count). The summed E-state index contributed by atoms with van der Waals surface area (Å²) in [5.41, 5.74) is 4.64. The average Bonchev–Trinajstić information content (AvgIpc) is 4.15. The van der Waals surface area contributed by atoms with E-state index in [0.717, 1.165) is 27.6 Å². The third kappa shape index (κ3) is 8.43. The molecule has 0 aliphatic heterocycles. The molecule has 0 aliphatic rings. The summed E-state index contributed by atoms with van der Waals surface area (Å²) in [6, 6.07) is 34.0. The smallest absolute Gasteiger partial charge is 0.308 e. The lowest BCUT2D eigenvalue weighted by Crippen LogP contribution is -2.09. The van der Waals surface area contributed by atoms with Crippen molar-refractivity contribution < 1.29 is 13.2 Å². The second-order valence-electron chi connectivity index (χ2n) is 19.0.